The molecule has 0 aliphatic carbocycles. The Morgan fingerprint density at radius 2 is 1.94 bits per heavy atom. The van der Waals surface area contributed by atoms with Gasteiger partial charge in [0.2, 0.25) is 0 Å². The highest BCUT2D eigenvalue weighted by molar-refractivity contribution is 5.18. The predicted molar refractivity (Wildman–Crippen MR) is 63.0 cm³/mol. The molecule has 0 bridgehead atoms. The molecule has 1 atom stereocenters. The van der Waals surface area contributed by atoms with Gasteiger partial charge in [-0.2, -0.15) is 0 Å². The van der Waals surface area contributed by atoms with Crippen molar-refractivity contribution in [2.24, 2.45) is 0 Å². The lowest BCUT2D eigenvalue weighted by atomic mass is 9.91. The smallest absolute Gasteiger partial charge is 0.0963 e. The van der Waals surface area contributed by atoms with Crippen molar-refractivity contribution in [1.82, 2.24) is 0 Å². The van der Waals surface area contributed by atoms with Crippen molar-refractivity contribution in [1.29, 1.82) is 0 Å². The molecular formula is C14H16O2. The molecule has 2 nitrogen and oxygen atoms in total. The number of aryl methyl sites for hydroxylation is 1. The zero-order valence-electron chi connectivity index (χ0n) is 9.39. The van der Waals surface area contributed by atoms with E-state index in [1.807, 2.05) is 31.2 Å². The van der Waals surface area contributed by atoms with Crippen molar-refractivity contribution in [3.05, 3.63) is 60.1 Å². The summed E-state index contributed by atoms with van der Waals surface area (Å²) in [5.41, 5.74) is 1.26. The van der Waals surface area contributed by atoms with E-state index in [-0.39, 0.29) is 0 Å². The topological polar surface area (TPSA) is 33.4 Å². The Morgan fingerprint density at radius 1 is 1.19 bits per heavy atom. The number of hydrogen-bond acceptors (Lipinski definition) is 2. The van der Waals surface area contributed by atoms with Crippen LogP contribution in [0.1, 0.15) is 24.5 Å². The molecule has 0 fully saturated rings. The molecule has 0 spiro atoms. The number of hydrogen-bond donors (Lipinski definition) is 1. The minimum absolute atomic E-state index is 0.691. The first kappa shape index (κ1) is 11.0. The number of benzene rings is 1. The van der Waals surface area contributed by atoms with E-state index in [9.17, 15) is 5.11 Å². The third-order valence-corrected chi connectivity index (χ3v) is 2.89. The lowest BCUT2D eigenvalue weighted by molar-refractivity contribution is 0.0474. The molecule has 0 amide bonds. The molecule has 0 aliphatic rings. The second kappa shape index (κ2) is 4.54. The van der Waals surface area contributed by atoms with Gasteiger partial charge in [0.25, 0.3) is 0 Å². The molecule has 0 saturated heterocycles. The van der Waals surface area contributed by atoms with E-state index >= 15 is 0 Å². The molecule has 2 heteroatoms. The Balaban J connectivity index is 2.00. The Bertz CT molecular complexity index is 415. The third kappa shape index (κ3) is 2.52. The summed E-state index contributed by atoms with van der Waals surface area (Å²) in [5.74, 6) is 0. The highest BCUT2D eigenvalue weighted by Gasteiger charge is 2.23. The average Bonchev–Trinajstić information content (AvgIpc) is 2.82. The lowest BCUT2D eigenvalue weighted by Crippen LogP contribution is -2.21. The second-order valence-electron chi connectivity index (χ2n) is 4.27. The summed E-state index contributed by atoms with van der Waals surface area (Å²) in [6, 6.07) is 12.0. The zero-order chi connectivity index (χ0) is 11.4. The number of aliphatic hydroxyl groups is 1. The number of rotatable bonds is 4. The van der Waals surface area contributed by atoms with E-state index in [0.717, 1.165) is 12.0 Å². The molecule has 0 saturated carbocycles. The molecule has 0 aliphatic heterocycles. The van der Waals surface area contributed by atoms with Gasteiger partial charge in [-0.15, -0.1) is 0 Å². The van der Waals surface area contributed by atoms with Crippen LogP contribution in [0.4, 0.5) is 0 Å². The molecule has 1 aromatic heterocycles. The van der Waals surface area contributed by atoms with Gasteiger partial charge in [-0.1, -0.05) is 30.3 Å². The highest BCUT2D eigenvalue weighted by atomic mass is 16.3. The summed E-state index contributed by atoms with van der Waals surface area (Å²) in [6.45, 7) is 1.82. The maximum Gasteiger partial charge on any atom is 0.0963 e. The molecule has 1 aromatic carbocycles. The van der Waals surface area contributed by atoms with Gasteiger partial charge in [0, 0.05) is 5.56 Å². The van der Waals surface area contributed by atoms with Crippen LogP contribution in [-0.2, 0) is 12.0 Å². The number of furan rings is 1. The van der Waals surface area contributed by atoms with Crippen LogP contribution in [0.5, 0.6) is 0 Å². The van der Waals surface area contributed by atoms with Gasteiger partial charge in [0.05, 0.1) is 18.1 Å². The first-order chi connectivity index (χ1) is 7.68. The minimum Gasteiger partial charge on any atom is -0.472 e. The molecule has 84 valence electrons. The molecule has 0 radical (unpaired) electrons. The summed E-state index contributed by atoms with van der Waals surface area (Å²) in [6.07, 6.45) is 4.74. The van der Waals surface area contributed by atoms with Crippen LogP contribution in [0.25, 0.3) is 0 Å². The fourth-order valence-corrected chi connectivity index (χ4v) is 1.75. The average molecular weight is 216 g/mol. The molecule has 1 unspecified atom stereocenters. The summed E-state index contributed by atoms with van der Waals surface area (Å²) < 4.78 is 4.99. The van der Waals surface area contributed by atoms with Gasteiger partial charge in [-0.3, -0.25) is 0 Å². The van der Waals surface area contributed by atoms with Crippen molar-refractivity contribution >= 4 is 0 Å². The summed E-state index contributed by atoms with van der Waals surface area (Å²) >= 11 is 0. The van der Waals surface area contributed by atoms with Crippen LogP contribution in [0.2, 0.25) is 0 Å². The van der Waals surface area contributed by atoms with E-state index in [1.54, 1.807) is 12.5 Å². The van der Waals surface area contributed by atoms with Crippen LogP contribution < -0.4 is 0 Å². The van der Waals surface area contributed by atoms with E-state index in [4.69, 9.17) is 4.42 Å². The molecular weight excluding hydrogens is 200 g/mol. The van der Waals surface area contributed by atoms with Gasteiger partial charge < -0.3 is 9.52 Å². The fraction of sp³-hybridized carbons (Fsp3) is 0.286. The summed E-state index contributed by atoms with van der Waals surface area (Å²) in [7, 11) is 0. The van der Waals surface area contributed by atoms with E-state index in [2.05, 4.69) is 12.1 Å². The van der Waals surface area contributed by atoms with Crippen molar-refractivity contribution in [2.45, 2.75) is 25.4 Å². The largest absolute Gasteiger partial charge is 0.472 e. The minimum atomic E-state index is -0.817. The Kier molecular flexibility index (Phi) is 3.11. The third-order valence-electron chi connectivity index (χ3n) is 2.89. The maximum absolute atomic E-state index is 10.3. The Labute approximate surface area is 95.5 Å². The summed E-state index contributed by atoms with van der Waals surface area (Å²) in [5, 5.41) is 10.3. The first-order valence-electron chi connectivity index (χ1n) is 5.47. The van der Waals surface area contributed by atoms with Gasteiger partial charge in [0.1, 0.15) is 0 Å². The van der Waals surface area contributed by atoms with Gasteiger partial charge in [-0.25, -0.2) is 0 Å². The predicted octanol–water partition coefficient (Wildman–Crippen LogP) is 3.12. The van der Waals surface area contributed by atoms with Crippen molar-refractivity contribution in [3.8, 4) is 0 Å². The van der Waals surface area contributed by atoms with Gasteiger partial charge in [-0.05, 0) is 31.4 Å². The SMILES string of the molecule is CC(O)(CCc1ccccc1)c1ccoc1. The molecule has 1 heterocycles. The van der Waals surface area contributed by atoms with E-state index in [0.29, 0.717) is 6.42 Å². The molecule has 16 heavy (non-hydrogen) atoms. The quantitative estimate of drug-likeness (QED) is 0.851. The highest BCUT2D eigenvalue weighted by Crippen LogP contribution is 2.26. The Morgan fingerprint density at radius 3 is 2.56 bits per heavy atom. The molecule has 2 rings (SSSR count). The van der Waals surface area contributed by atoms with Crippen molar-refractivity contribution in [3.63, 3.8) is 0 Å². The van der Waals surface area contributed by atoms with Gasteiger partial charge in [0.15, 0.2) is 0 Å². The monoisotopic (exact) mass is 216 g/mol. The normalized spacial score (nSPS) is 14.6. The van der Waals surface area contributed by atoms with Crippen LogP contribution in [0.3, 0.4) is 0 Å². The van der Waals surface area contributed by atoms with Crippen LogP contribution in [0.15, 0.2) is 53.3 Å². The second-order valence-corrected chi connectivity index (χ2v) is 4.27. The van der Waals surface area contributed by atoms with Crippen molar-refractivity contribution in [2.75, 3.05) is 0 Å². The fourth-order valence-electron chi connectivity index (χ4n) is 1.75. The lowest BCUT2D eigenvalue weighted by Gasteiger charge is -2.21. The van der Waals surface area contributed by atoms with Crippen molar-refractivity contribution < 1.29 is 9.52 Å². The van der Waals surface area contributed by atoms with Gasteiger partial charge >= 0.3 is 0 Å². The molecule has 2 aromatic rings. The van der Waals surface area contributed by atoms with Crippen LogP contribution in [-0.4, -0.2) is 5.11 Å². The zero-order valence-corrected chi connectivity index (χ0v) is 9.39. The van der Waals surface area contributed by atoms with Crippen LogP contribution >= 0.6 is 0 Å². The molecule has 1 N–H and O–H groups in total. The Hall–Kier alpha value is -1.54. The van der Waals surface area contributed by atoms with E-state index in [1.165, 1.54) is 5.56 Å². The summed E-state index contributed by atoms with van der Waals surface area (Å²) in [4.78, 5) is 0. The first-order valence-corrected chi connectivity index (χ1v) is 5.47. The van der Waals surface area contributed by atoms with E-state index < -0.39 is 5.60 Å². The standard InChI is InChI=1S/C14H16O2/c1-14(15,13-8-10-16-11-13)9-7-12-5-3-2-4-6-12/h2-6,8,10-11,15H,7,9H2,1H3. The maximum atomic E-state index is 10.3. The van der Waals surface area contributed by atoms with Crippen LogP contribution in [0, 0.1) is 0 Å².